The van der Waals surface area contributed by atoms with E-state index < -0.39 is 26.6 Å². The van der Waals surface area contributed by atoms with Crippen LogP contribution in [0.2, 0.25) is 0 Å². The van der Waals surface area contributed by atoms with E-state index >= 15 is 0 Å². The quantitative estimate of drug-likeness (QED) is 0.906. The van der Waals surface area contributed by atoms with E-state index in [0.29, 0.717) is 6.07 Å². The molecule has 0 spiro atoms. The fourth-order valence-corrected chi connectivity index (χ4v) is 3.36. The lowest BCUT2D eigenvalue weighted by Crippen LogP contribution is -2.58. The Hall–Kier alpha value is -1.83. The molecule has 0 aliphatic carbocycles. The van der Waals surface area contributed by atoms with Crippen LogP contribution in [0.5, 0.6) is 0 Å². The van der Waals surface area contributed by atoms with Crippen molar-refractivity contribution in [1.29, 1.82) is 0 Å². The fourth-order valence-electron chi connectivity index (χ4n) is 2.10. The van der Waals surface area contributed by atoms with Crippen LogP contribution in [0.25, 0.3) is 0 Å². The second-order valence-electron chi connectivity index (χ2n) is 5.00. The highest BCUT2D eigenvalue weighted by molar-refractivity contribution is 7.89. The van der Waals surface area contributed by atoms with E-state index in [1.54, 1.807) is 0 Å². The SMILES string of the molecule is CN(C[C@@H]([NH3+])c1ccccc1)S(=O)(=O)c1cc(F)cc(F)c1. The number of quaternary nitrogens is 1. The van der Waals surface area contributed by atoms with Gasteiger partial charge in [0.05, 0.1) is 11.4 Å². The minimum absolute atomic E-state index is 0.102. The molecule has 22 heavy (non-hydrogen) atoms. The summed E-state index contributed by atoms with van der Waals surface area (Å²) in [5.41, 5.74) is 4.82. The van der Waals surface area contributed by atoms with Crippen molar-refractivity contribution in [2.24, 2.45) is 0 Å². The first-order chi connectivity index (χ1) is 10.3. The number of benzene rings is 2. The van der Waals surface area contributed by atoms with Crippen LogP contribution in [-0.4, -0.2) is 26.3 Å². The van der Waals surface area contributed by atoms with E-state index in [2.05, 4.69) is 5.73 Å². The second-order valence-corrected chi connectivity index (χ2v) is 7.04. The van der Waals surface area contributed by atoms with Gasteiger partial charge in [0.15, 0.2) is 0 Å². The molecule has 2 aromatic rings. The Morgan fingerprint density at radius 1 is 1.09 bits per heavy atom. The summed E-state index contributed by atoms with van der Waals surface area (Å²) in [4.78, 5) is -0.409. The molecule has 0 aliphatic heterocycles. The lowest BCUT2D eigenvalue weighted by molar-refractivity contribution is -0.426. The van der Waals surface area contributed by atoms with Crippen LogP contribution in [-0.2, 0) is 10.0 Å². The van der Waals surface area contributed by atoms with Crippen molar-refractivity contribution in [2.75, 3.05) is 13.6 Å². The van der Waals surface area contributed by atoms with Crippen LogP contribution in [0.3, 0.4) is 0 Å². The molecule has 0 fully saturated rings. The first-order valence-electron chi connectivity index (χ1n) is 6.61. The van der Waals surface area contributed by atoms with E-state index in [4.69, 9.17) is 0 Å². The summed E-state index contributed by atoms with van der Waals surface area (Å²) in [6.07, 6.45) is 0. The first kappa shape index (κ1) is 16.5. The van der Waals surface area contributed by atoms with Gasteiger partial charge in [-0.05, 0) is 12.1 Å². The molecule has 118 valence electrons. The number of hydrogen-bond donors (Lipinski definition) is 1. The van der Waals surface area contributed by atoms with Crippen molar-refractivity contribution in [3.8, 4) is 0 Å². The highest BCUT2D eigenvalue weighted by Gasteiger charge is 2.25. The Labute approximate surface area is 128 Å². The van der Waals surface area contributed by atoms with Crippen LogP contribution in [0.4, 0.5) is 8.78 Å². The topological polar surface area (TPSA) is 65.0 Å². The third-order valence-corrected chi connectivity index (χ3v) is 5.09. The maximum Gasteiger partial charge on any atom is 0.243 e. The normalized spacial score (nSPS) is 13.3. The molecule has 0 aliphatic rings. The summed E-state index contributed by atoms with van der Waals surface area (Å²) in [6.45, 7) is 0.102. The Balaban J connectivity index is 2.22. The lowest BCUT2D eigenvalue weighted by Gasteiger charge is -2.19. The molecule has 0 unspecified atom stereocenters. The summed E-state index contributed by atoms with van der Waals surface area (Å²) in [6, 6.07) is 11.2. The number of hydrogen-bond acceptors (Lipinski definition) is 2. The van der Waals surface area contributed by atoms with Gasteiger partial charge < -0.3 is 5.73 Å². The van der Waals surface area contributed by atoms with Crippen LogP contribution in [0, 0.1) is 11.6 Å². The predicted octanol–water partition coefficient (Wildman–Crippen LogP) is 1.57. The minimum Gasteiger partial charge on any atom is -0.350 e. The molecular weight excluding hydrogens is 310 g/mol. The molecule has 0 heterocycles. The minimum atomic E-state index is -3.97. The molecule has 4 nitrogen and oxygen atoms in total. The summed E-state index contributed by atoms with van der Waals surface area (Å²) >= 11 is 0. The molecule has 3 N–H and O–H groups in total. The molecular formula is C15H17F2N2O2S+. The monoisotopic (exact) mass is 327 g/mol. The van der Waals surface area contributed by atoms with E-state index in [1.165, 1.54) is 7.05 Å². The van der Waals surface area contributed by atoms with Crippen molar-refractivity contribution >= 4 is 10.0 Å². The molecule has 7 heteroatoms. The maximum absolute atomic E-state index is 13.2. The molecule has 1 atom stereocenters. The summed E-state index contributed by atoms with van der Waals surface area (Å²) < 4.78 is 52.2. The zero-order valence-corrected chi connectivity index (χ0v) is 12.9. The van der Waals surface area contributed by atoms with Gasteiger partial charge in [-0.1, -0.05) is 30.3 Å². The standard InChI is InChI=1S/C15H16F2N2O2S/c1-19(10-15(18)11-5-3-2-4-6-11)22(20,21)14-8-12(16)7-13(17)9-14/h2-9,15H,10,18H2,1H3/p+1/t15-/m1/s1. The zero-order valence-electron chi connectivity index (χ0n) is 12.0. The predicted molar refractivity (Wildman–Crippen MR) is 78.2 cm³/mol. The number of rotatable bonds is 5. The molecule has 0 bridgehead atoms. The van der Waals surface area contributed by atoms with Crippen molar-refractivity contribution in [3.05, 3.63) is 65.7 Å². The van der Waals surface area contributed by atoms with Gasteiger partial charge in [-0.25, -0.2) is 17.2 Å². The maximum atomic E-state index is 13.2. The molecule has 0 saturated carbocycles. The summed E-state index contributed by atoms with van der Waals surface area (Å²) in [7, 11) is -2.61. The van der Waals surface area contributed by atoms with E-state index in [-0.39, 0.29) is 12.6 Å². The van der Waals surface area contributed by atoms with Crippen LogP contribution in [0.15, 0.2) is 53.4 Å². The van der Waals surface area contributed by atoms with Gasteiger partial charge in [0, 0.05) is 18.7 Å². The Bertz CT molecular complexity index is 731. The van der Waals surface area contributed by atoms with Crippen LogP contribution < -0.4 is 5.73 Å². The van der Waals surface area contributed by atoms with Crippen LogP contribution >= 0.6 is 0 Å². The molecule has 2 aromatic carbocycles. The number of nitrogens with zero attached hydrogens (tertiary/aromatic N) is 1. The Kier molecular flexibility index (Phi) is 4.90. The third-order valence-electron chi connectivity index (χ3n) is 3.29. The van der Waals surface area contributed by atoms with Gasteiger partial charge in [-0.15, -0.1) is 0 Å². The fraction of sp³-hybridized carbons (Fsp3) is 0.200. The summed E-state index contributed by atoms with van der Waals surface area (Å²) in [5.74, 6) is -1.86. The molecule has 0 saturated heterocycles. The van der Waals surface area contributed by atoms with Gasteiger partial charge >= 0.3 is 0 Å². The van der Waals surface area contributed by atoms with Gasteiger partial charge in [-0.3, -0.25) is 0 Å². The molecule has 0 aromatic heterocycles. The number of halogens is 2. The zero-order chi connectivity index (χ0) is 16.3. The second kappa shape index (κ2) is 6.51. The van der Waals surface area contributed by atoms with Gasteiger partial charge in [-0.2, -0.15) is 4.31 Å². The van der Waals surface area contributed by atoms with Gasteiger partial charge in [0.1, 0.15) is 17.7 Å². The van der Waals surface area contributed by atoms with E-state index in [1.807, 2.05) is 30.3 Å². The highest BCUT2D eigenvalue weighted by atomic mass is 32.2. The third kappa shape index (κ3) is 3.68. The lowest BCUT2D eigenvalue weighted by atomic mass is 10.1. The van der Waals surface area contributed by atoms with Crippen molar-refractivity contribution < 1.29 is 22.9 Å². The van der Waals surface area contributed by atoms with E-state index in [0.717, 1.165) is 22.0 Å². The van der Waals surface area contributed by atoms with Gasteiger partial charge in [0.2, 0.25) is 10.0 Å². The average molecular weight is 327 g/mol. The Morgan fingerprint density at radius 3 is 2.18 bits per heavy atom. The highest BCUT2D eigenvalue weighted by Crippen LogP contribution is 2.19. The average Bonchev–Trinajstić information content (AvgIpc) is 2.47. The molecule has 2 rings (SSSR count). The summed E-state index contributed by atoms with van der Waals surface area (Å²) in [5, 5.41) is 0. The number of likely N-dealkylation sites (N-methyl/N-ethyl adjacent to an activating group) is 1. The van der Waals surface area contributed by atoms with Crippen LogP contribution in [0.1, 0.15) is 11.6 Å². The molecule has 0 amide bonds. The largest absolute Gasteiger partial charge is 0.350 e. The Morgan fingerprint density at radius 2 is 1.64 bits per heavy atom. The smallest absolute Gasteiger partial charge is 0.243 e. The molecule has 0 radical (unpaired) electrons. The van der Waals surface area contributed by atoms with Crippen molar-refractivity contribution in [3.63, 3.8) is 0 Å². The number of sulfonamides is 1. The first-order valence-corrected chi connectivity index (χ1v) is 8.05. The van der Waals surface area contributed by atoms with Crippen molar-refractivity contribution in [1.82, 2.24) is 4.31 Å². The van der Waals surface area contributed by atoms with Gasteiger partial charge in [0.25, 0.3) is 0 Å². The van der Waals surface area contributed by atoms with Crippen molar-refractivity contribution in [2.45, 2.75) is 10.9 Å². The van der Waals surface area contributed by atoms with E-state index in [9.17, 15) is 17.2 Å².